The largest absolute Gasteiger partial charge is 0.487 e. The monoisotopic (exact) mass is 310 g/mol. The van der Waals surface area contributed by atoms with E-state index in [1.54, 1.807) is 0 Å². The molecule has 23 heavy (non-hydrogen) atoms. The molecule has 0 radical (unpaired) electrons. The van der Waals surface area contributed by atoms with Crippen LogP contribution in [-0.2, 0) is 6.42 Å². The van der Waals surface area contributed by atoms with Crippen LogP contribution in [-0.4, -0.2) is 5.60 Å². The second-order valence-electron chi connectivity index (χ2n) is 9.51. The maximum absolute atomic E-state index is 6.84. The van der Waals surface area contributed by atoms with Crippen molar-refractivity contribution in [1.29, 1.82) is 0 Å². The molecule has 1 nitrogen and oxygen atoms in total. The zero-order valence-electron chi connectivity index (χ0n) is 14.8. The third kappa shape index (κ3) is 1.86. The Balaban J connectivity index is 1.53. The van der Waals surface area contributed by atoms with Gasteiger partial charge in [-0.05, 0) is 72.8 Å². The highest BCUT2D eigenvalue weighted by atomic mass is 16.5. The fourth-order valence-electron chi connectivity index (χ4n) is 6.99. The molecule has 3 fully saturated rings. The second kappa shape index (κ2) is 4.55. The van der Waals surface area contributed by atoms with E-state index in [0.29, 0.717) is 5.41 Å². The number of fused-ring (bicyclic) bond motifs is 5. The predicted octanol–water partition coefficient (Wildman–Crippen LogP) is 5.48. The molecule has 5 rings (SSSR count). The minimum atomic E-state index is 0.146. The standard InChI is InChI=1S/C22H30O/c1-14-8-9-16-19(14)20-17(21(20,2)3)11-13-22(16)12-10-15-6-4-5-7-18(15)23-22/h4-7,14,16-17,19-20H,8-13H2,1-3H3/t14-,16+,17-,19-,20-,22+/m1/s1. The van der Waals surface area contributed by atoms with Gasteiger partial charge in [0.1, 0.15) is 11.4 Å². The highest BCUT2D eigenvalue weighted by molar-refractivity contribution is 5.37. The van der Waals surface area contributed by atoms with E-state index in [-0.39, 0.29) is 5.60 Å². The summed E-state index contributed by atoms with van der Waals surface area (Å²) in [6, 6.07) is 8.77. The molecule has 4 aliphatic rings. The van der Waals surface area contributed by atoms with Crippen LogP contribution in [0.2, 0.25) is 0 Å². The summed E-state index contributed by atoms with van der Waals surface area (Å²) in [4.78, 5) is 0. The maximum atomic E-state index is 6.84. The predicted molar refractivity (Wildman–Crippen MR) is 93.5 cm³/mol. The number of ether oxygens (including phenoxy) is 1. The first-order valence-electron chi connectivity index (χ1n) is 9.80. The lowest BCUT2D eigenvalue weighted by atomic mass is 9.70. The van der Waals surface area contributed by atoms with Gasteiger partial charge in [0, 0.05) is 5.92 Å². The molecule has 124 valence electrons. The van der Waals surface area contributed by atoms with Crippen LogP contribution < -0.4 is 4.74 Å². The van der Waals surface area contributed by atoms with Crippen LogP contribution >= 0.6 is 0 Å². The molecule has 1 spiro atoms. The molecule has 1 aromatic rings. The third-order valence-electron chi connectivity index (χ3n) is 8.27. The Morgan fingerprint density at radius 1 is 1.00 bits per heavy atom. The number of hydrogen-bond donors (Lipinski definition) is 0. The van der Waals surface area contributed by atoms with Crippen LogP contribution in [0.4, 0.5) is 0 Å². The molecule has 1 heterocycles. The number of benzene rings is 1. The fraction of sp³-hybridized carbons (Fsp3) is 0.727. The van der Waals surface area contributed by atoms with E-state index in [4.69, 9.17) is 4.74 Å². The van der Waals surface area contributed by atoms with Gasteiger partial charge in [-0.1, -0.05) is 45.4 Å². The molecule has 0 aromatic heterocycles. The fourth-order valence-corrected chi connectivity index (χ4v) is 6.99. The molecule has 3 aliphatic carbocycles. The SMILES string of the molecule is C[C@@H]1CC[C@H]2[C@@H]1[C@H]1[C@@H](CC[C@@]23CCc2ccccc2O3)C1(C)C. The highest BCUT2D eigenvalue weighted by Crippen LogP contribution is 2.72. The maximum Gasteiger partial charge on any atom is 0.123 e. The Kier molecular flexibility index (Phi) is 2.84. The van der Waals surface area contributed by atoms with Crippen molar-refractivity contribution >= 4 is 0 Å². The van der Waals surface area contributed by atoms with Crippen LogP contribution in [0.5, 0.6) is 5.75 Å². The van der Waals surface area contributed by atoms with Crippen molar-refractivity contribution in [3.63, 3.8) is 0 Å². The van der Waals surface area contributed by atoms with E-state index >= 15 is 0 Å². The molecule has 0 N–H and O–H groups in total. The Hall–Kier alpha value is -0.980. The molecule has 6 atom stereocenters. The summed E-state index contributed by atoms with van der Waals surface area (Å²) in [5, 5.41) is 0. The van der Waals surface area contributed by atoms with Crippen molar-refractivity contribution in [2.75, 3.05) is 0 Å². The van der Waals surface area contributed by atoms with Crippen LogP contribution in [0.1, 0.15) is 58.4 Å². The van der Waals surface area contributed by atoms with Crippen molar-refractivity contribution < 1.29 is 4.74 Å². The zero-order valence-corrected chi connectivity index (χ0v) is 14.8. The Bertz CT molecular complexity index is 633. The van der Waals surface area contributed by atoms with Gasteiger partial charge in [-0.25, -0.2) is 0 Å². The first-order valence-corrected chi connectivity index (χ1v) is 9.80. The molecule has 3 saturated carbocycles. The Morgan fingerprint density at radius 2 is 1.83 bits per heavy atom. The molecule has 0 amide bonds. The van der Waals surface area contributed by atoms with Gasteiger partial charge in [0.15, 0.2) is 0 Å². The lowest BCUT2D eigenvalue weighted by molar-refractivity contribution is -0.0389. The number of rotatable bonds is 0. The van der Waals surface area contributed by atoms with Crippen LogP contribution in [0, 0.1) is 35.0 Å². The van der Waals surface area contributed by atoms with E-state index in [9.17, 15) is 0 Å². The molecule has 0 unspecified atom stereocenters. The summed E-state index contributed by atoms with van der Waals surface area (Å²) in [5.74, 6) is 5.70. The topological polar surface area (TPSA) is 9.23 Å². The summed E-state index contributed by atoms with van der Waals surface area (Å²) in [6.45, 7) is 7.57. The summed E-state index contributed by atoms with van der Waals surface area (Å²) < 4.78 is 6.84. The number of aryl methyl sites for hydroxylation is 1. The molecule has 1 aliphatic heterocycles. The van der Waals surface area contributed by atoms with Crippen LogP contribution in [0.3, 0.4) is 0 Å². The van der Waals surface area contributed by atoms with Gasteiger partial charge in [0.2, 0.25) is 0 Å². The van der Waals surface area contributed by atoms with E-state index in [2.05, 4.69) is 45.0 Å². The average molecular weight is 310 g/mol. The molecule has 0 saturated heterocycles. The number of para-hydroxylation sites is 1. The third-order valence-corrected chi connectivity index (χ3v) is 8.27. The minimum absolute atomic E-state index is 0.146. The molecule has 1 aromatic carbocycles. The van der Waals surface area contributed by atoms with Gasteiger partial charge in [-0.15, -0.1) is 0 Å². The molecule has 0 bridgehead atoms. The van der Waals surface area contributed by atoms with Crippen LogP contribution in [0.15, 0.2) is 24.3 Å². The van der Waals surface area contributed by atoms with Crippen molar-refractivity contribution in [3.05, 3.63) is 29.8 Å². The summed E-state index contributed by atoms with van der Waals surface area (Å²) in [7, 11) is 0. The van der Waals surface area contributed by atoms with Gasteiger partial charge >= 0.3 is 0 Å². The first-order chi connectivity index (χ1) is 11.0. The lowest BCUT2D eigenvalue weighted by Gasteiger charge is -2.45. The van der Waals surface area contributed by atoms with Gasteiger partial charge in [-0.3, -0.25) is 0 Å². The van der Waals surface area contributed by atoms with Crippen molar-refractivity contribution in [2.45, 2.75) is 64.9 Å². The molecular weight excluding hydrogens is 280 g/mol. The molecule has 1 heteroatoms. The van der Waals surface area contributed by atoms with E-state index in [0.717, 1.165) is 29.6 Å². The summed E-state index contributed by atoms with van der Waals surface area (Å²) in [6.07, 6.45) is 7.96. The van der Waals surface area contributed by atoms with Crippen LogP contribution in [0.25, 0.3) is 0 Å². The normalized spacial score (nSPS) is 46.3. The lowest BCUT2D eigenvalue weighted by Crippen LogP contribution is -2.48. The second-order valence-corrected chi connectivity index (χ2v) is 9.51. The summed E-state index contributed by atoms with van der Waals surface area (Å²) >= 11 is 0. The van der Waals surface area contributed by atoms with E-state index in [1.807, 2.05) is 0 Å². The number of hydrogen-bond acceptors (Lipinski definition) is 1. The van der Waals surface area contributed by atoms with Gasteiger partial charge in [0.05, 0.1) is 0 Å². The van der Waals surface area contributed by atoms with Crippen molar-refractivity contribution in [1.82, 2.24) is 0 Å². The minimum Gasteiger partial charge on any atom is -0.487 e. The smallest absolute Gasteiger partial charge is 0.123 e. The molecular formula is C22H30O. The van der Waals surface area contributed by atoms with Gasteiger partial charge < -0.3 is 4.74 Å². The van der Waals surface area contributed by atoms with E-state index in [1.165, 1.54) is 49.8 Å². The highest BCUT2D eigenvalue weighted by Gasteiger charge is 2.68. The van der Waals surface area contributed by atoms with Crippen molar-refractivity contribution in [3.8, 4) is 5.75 Å². The zero-order chi connectivity index (χ0) is 15.8. The van der Waals surface area contributed by atoms with Gasteiger partial charge in [0.25, 0.3) is 0 Å². The van der Waals surface area contributed by atoms with Gasteiger partial charge in [-0.2, -0.15) is 0 Å². The van der Waals surface area contributed by atoms with Crippen molar-refractivity contribution in [2.24, 2.45) is 35.0 Å². The summed E-state index contributed by atoms with van der Waals surface area (Å²) in [5.41, 5.74) is 2.17. The Labute approximate surface area is 140 Å². The Morgan fingerprint density at radius 3 is 2.70 bits per heavy atom. The first kappa shape index (κ1) is 14.4. The quantitative estimate of drug-likeness (QED) is 0.616. The average Bonchev–Trinajstić information content (AvgIpc) is 2.92. The van der Waals surface area contributed by atoms with E-state index < -0.39 is 0 Å².